The molecule has 2 heterocycles. The second-order valence-electron chi connectivity index (χ2n) is 5.96. The van der Waals surface area contributed by atoms with Crippen LogP contribution in [0.1, 0.15) is 16.7 Å². The third-order valence-corrected chi connectivity index (χ3v) is 4.37. The lowest BCUT2D eigenvalue weighted by molar-refractivity contribution is 0.832. The van der Waals surface area contributed by atoms with Crippen LogP contribution in [-0.2, 0) is 13.0 Å². The standard InChI is InChI=1S/C19H19N5/c20-18-16(19(21)23-22-18)10-14-12-24(11-13-6-2-1-3-7-13)17-9-5-4-8-15(14)17/h1-9,12H,10-11H2,(H5,20,21,22,23). The number of aromatic amines is 1. The highest BCUT2D eigenvalue weighted by Crippen LogP contribution is 2.27. The van der Waals surface area contributed by atoms with Gasteiger partial charge in [-0.3, -0.25) is 5.10 Å². The number of hydrogen-bond acceptors (Lipinski definition) is 3. The molecular weight excluding hydrogens is 298 g/mol. The molecule has 120 valence electrons. The van der Waals surface area contributed by atoms with E-state index in [-0.39, 0.29) is 0 Å². The van der Waals surface area contributed by atoms with Crippen LogP contribution < -0.4 is 11.5 Å². The van der Waals surface area contributed by atoms with E-state index in [2.05, 4.69) is 69.5 Å². The van der Waals surface area contributed by atoms with Gasteiger partial charge in [0.15, 0.2) is 5.82 Å². The lowest BCUT2D eigenvalue weighted by Gasteiger charge is -2.05. The van der Waals surface area contributed by atoms with Crippen LogP contribution >= 0.6 is 0 Å². The van der Waals surface area contributed by atoms with Crippen LogP contribution in [0.4, 0.5) is 11.6 Å². The summed E-state index contributed by atoms with van der Waals surface area (Å²) in [7, 11) is 0. The maximum Gasteiger partial charge on any atom is 0.150 e. The quantitative estimate of drug-likeness (QED) is 0.540. The van der Waals surface area contributed by atoms with Crippen molar-refractivity contribution in [2.45, 2.75) is 13.0 Å². The van der Waals surface area contributed by atoms with Gasteiger partial charge in [-0.25, -0.2) is 0 Å². The monoisotopic (exact) mass is 317 g/mol. The van der Waals surface area contributed by atoms with E-state index in [0.29, 0.717) is 18.1 Å². The number of nitrogens with one attached hydrogen (secondary N) is 1. The van der Waals surface area contributed by atoms with Gasteiger partial charge in [0.2, 0.25) is 0 Å². The maximum absolute atomic E-state index is 5.96. The van der Waals surface area contributed by atoms with Gasteiger partial charge in [-0.15, -0.1) is 0 Å². The summed E-state index contributed by atoms with van der Waals surface area (Å²) in [6, 6.07) is 18.8. The highest BCUT2D eigenvalue weighted by molar-refractivity contribution is 5.84. The third-order valence-electron chi connectivity index (χ3n) is 4.37. The van der Waals surface area contributed by atoms with E-state index in [4.69, 9.17) is 11.5 Å². The van der Waals surface area contributed by atoms with Crippen LogP contribution in [0.3, 0.4) is 0 Å². The van der Waals surface area contributed by atoms with Gasteiger partial charge in [0.1, 0.15) is 5.82 Å². The highest BCUT2D eigenvalue weighted by atomic mass is 15.2. The number of benzene rings is 2. The number of nitrogens with zero attached hydrogens (tertiary/aromatic N) is 2. The van der Waals surface area contributed by atoms with E-state index in [1.165, 1.54) is 22.0 Å². The molecule has 0 aliphatic carbocycles. The Hall–Kier alpha value is -3.21. The average molecular weight is 317 g/mol. The minimum Gasteiger partial charge on any atom is -0.384 e. The Kier molecular flexibility index (Phi) is 3.46. The maximum atomic E-state index is 5.96. The Bertz CT molecular complexity index is 962. The lowest BCUT2D eigenvalue weighted by atomic mass is 10.1. The van der Waals surface area contributed by atoms with E-state index in [1.807, 2.05) is 6.07 Å². The fourth-order valence-corrected chi connectivity index (χ4v) is 3.14. The van der Waals surface area contributed by atoms with Gasteiger partial charge in [0, 0.05) is 35.6 Å². The molecule has 0 radical (unpaired) electrons. The van der Waals surface area contributed by atoms with E-state index in [9.17, 15) is 0 Å². The summed E-state index contributed by atoms with van der Waals surface area (Å²) in [5.74, 6) is 1.000. The largest absolute Gasteiger partial charge is 0.384 e. The van der Waals surface area contributed by atoms with Crippen LogP contribution in [0, 0.1) is 0 Å². The number of para-hydroxylation sites is 1. The Balaban J connectivity index is 1.77. The zero-order chi connectivity index (χ0) is 16.5. The summed E-state index contributed by atoms with van der Waals surface area (Å²) in [5, 5.41) is 7.95. The second kappa shape index (κ2) is 5.77. The number of aromatic nitrogens is 3. The van der Waals surface area contributed by atoms with Gasteiger partial charge in [-0.2, -0.15) is 5.10 Å². The molecule has 0 atom stereocenters. The van der Waals surface area contributed by atoms with E-state index < -0.39 is 0 Å². The SMILES string of the molecule is Nc1n[nH]c(N)c1Cc1cn(Cc2ccccc2)c2ccccc12. The predicted molar refractivity (Wildman–Crippen MR) is 97.7 cm³/mol. The molecule has 5 N–H and O–H groups in total. The molecule has 0 aliphatic heterocycles. The van der Waals surface area contributed by atoms with Crippen molar-refractivity contribution in [2.24, 2.45) is 0 Å². The molecule has 0 aliphatic rings. The molecule has 0 saturated carbocycles. The van der Waals surface area contributed by atoms with Crippen molar-refractivity contribution < 1.29 is 0 Å². The number of fused-ring (bicyclic) bond motifs is 1. The molecule has 2 aromatic carbocycles. The molecule has 5 heteroatoms. The van der Waals surface area contributed by atoms with Crippen molar-refractivity contribution >= 4 is 22.5 Å². The molecular formula is C19H19N5. The molecule has 0 amide bonds. The Morgan fingerprint density at radius 3 is 2.46 bits per heavy atom. The van der Waals surface area contributed by atoms with E-state index >= 15 is 0 Å². The van der Waals surface area contributed by atoms with Crippen molar-refractivity contribution in [3.63, 3.8) is 0 Å². The molecule has 24 heavy (non-hydrogen) atoms. The number of H-pyrrole nitrogens is 1. The molecule has 4 rings (SSSR count). The van der Waals surface area contributed by atoms with Gasteiger partial charge in [-0.05, 0) is 17.2 Å². The number of anilines is 2. The van der Waals surface area contributed by atoms with Crippen molar-refractivity contribution in [2.75, 3.05) is 11.5 Å². The average Bonchev–Trinajstić information content (AvgIpc) is 3.11. The summed E-state index contributed by atoms with van der Waals surface area (Å²) in [5.41, 5.74) is 16.4. The normalized spacial score (nSPS) is 11.2. The zero-order valence-corrected chi connectivity index (χ0v) is 13.2. The van der Waals surface area contributed by atoms with Crippen molar-refractivity contribution in [3.05, 3.63) is 77.5 Å². The van der Waals surface area contributed by atoms with Crippen molar-refractivity contribution in [1.29, 1.82) is 0 Å². The first-order chi connectivity index (χ1) is 11.7. The molecule has 0 spiro atoms. The fraction of sp³-hybridized carbons (Fsp3) is 0.105. The van der Waals surface area contributed by atoms with Gasteiger partial charge in [0.05, 0.1) is 0 Å². The molecule has 2 aromatic heterocycles. The smallest absolute Gasteiger partial charge is 0.150 e. The summed E-state index contributed by atoms with van der Waals surface area (Å²) in [6.45, 7) is 0.831. The number of nitrogen functional groups attached to an aromatic ring is 2. The summed E-state index contributed by atoms with van der Waals surface area (Å²) in [4.78, 5) is 0. The third kappa shape index (κ3) is 2.50. The topological polar surface area (TPSA) is 85.7 Å². The number of nitrogens with two attached hydrogens (primary N) is 2. The van der Waals surface area contributed by atoms with E-state index in [1.54, 1.807) is 0 Å². The summed E-state index contributed by atoms with van der Waals surface area (Å²) >= 11 is 0. The van der Waals surface area contributed by atoms with Crippen LogP contribution in [-0.4, -0.2) is 14.8 Å². The first-order valence-electron chi connectivity index (χ1n) is 7.91. The van der Waals surface area contributed by atoms with Gasteiger partial charge in [-0.1, -0.05) is 48.5 Å². The molecule has 0 fully saturated rings. The number of hydrogen-bond donors (Lipinski definition) is 3. The fourth-order valence-electron chi connectivity index (χ4n) is 3.14. The van der Waals surface area contributed by atoms with Crippen LogP contribution in [0.2, 0.25) is 0 Å². The number of rotatable bonds is 4. The molecule has 0 saturated heterocycles. The van der Waals surface area contributed by atoms with Crippen LogP contribution in [0.25, 0.3) is 10.9 Å². The summed E-state index contributed by atoms with van der Waals surface area (Å²) < 4.78 is 2.27. The molecule has 0 unspecified atom stereocenters. The highest BCUT2D eigenvalue weighted by Gasteiger charge is 2.14. The van der Waals surface area contributed by atoms with Gasteiger partial charge in [0.25, 0.3) is 0 Å². The van der Waals surface area contributed by atoms with Crippen LogP contribution in [0.15, 0.2) is 60.8 Å². The van der Waals surface area contributed by atoms with E-state index in [0.717, 1.165) is 12.1 Å². The molecule has 0 bridgehead atoms. The first-order valence-corrected chi connectivity index (χ1v) is 7.91. The Morgan fingerprint density at radius 2 is 1.71 bits per heavy atom. The molecule has 4 aromatic rings. The minimum atomic E-state index is 0.465. The van der Waals surface area contributed by atoms with Gasteiger partial charge < -0.3 is 16.0 Å². The second-order valence-corrected chi connectivity index (χ2v) is 5.96. The summed E-state index contributed by atoms with van der Waals surface area (Å²) in [6.07, 6.45) is 2.85. The van der Waals surface area contributed by atoms with Crippen molar-refractivity contribution in [3.8, 4) is 0 Å². The molecule has 5 nitrogen and oxygen atoms in total. The zero-order valence-electron chi connectivity index (χ0n) is 13.2. The minimum absolute atomic E-state index is 0.465. The first kappa shape index (κ1) is 14.4. The van der Waals surface area contributed by atoms with Crippen molar-refractivity contribution in [1.82, 2.24) is 14.8 Å². The van der Waals surface area contributed by atoms with Gasteiger partial charge >= 0.3 is 0 Å². The predicted octanol–water partition coefficient (Wildman–Crippen LogP) is 3.17. The Labute approximate surface area is 139 Å². The Morgan fingerprint density at radius 1 is 0.958 bits per heavy atom. The lowest BCUT2D eigenvalue weighted by Crippen LogP contribution is -1.98. The van der Waals surface area contributed by atoms with Crippen LogP contribution in [0.5, 0.6) is 0 Å².